The molecule has 2 amide bonds. The highest BCUT2D eigenvalue weighted by Crippen LogP contribution is 2.38. The average molecular weight is 553 g/mol. The normalized spacial score (nSPS) is 11.8. The molecule has 0 radical (unpaired) electrons. The Hall–Kier alpha value is -3.90. The zero-order valence-corrected chi connectivity index (χ0v) is 20.7. The first kappa shape index (κ1) is 27.7. The Kier molecular flexibility index (Phi) is 8.56. The van der Waals surface area contributed by atoms with Gasteiger partial charge in [-0.1, -0.05) is 41.9 Å². The molecule has 0 fully saturated rings. The van der Waals surface area contributed by atoms with Gasteiger partial charge in [-0.3, -0.25) is 13.9 Å². The highest BCUT2D eigenvalue weighted by atomic mass is 35.5. The summed E-state index contributed by atoms with van der Waals surface area (Å²) >= 11 is 5.68. The fourth-order valence-electron chi connectivity index (χ4n) is 3.12. The number of carbonyl (C=O) groups excluding carboxylic acids is 2. The first-order valence-corrected chi connectivity index (χ1v) is 12.3. The lowest BCUT2D eigenvalue weighted by atomic mass is 10.2. The van der Waals surface area contributed by atoms with E-state index in [1.54, 1.807) is 30.3 Å². The molecule has 0 aliphatic rings. The van der Waals surface area contributed by atoms with Crippen LogP contribution in [-0.2, 0) is 25.8 Å². The average Bonchev–Trinajstić information content (AvgIpc) is 2.83. The lowest BCUT2D eigenvalue weighted by molar-refractivity contribution is -0.137. The third kappa shape index (κ3) is 7.30. The molecule has 194 valence electrons. The van der Waals surface area contributed by atoms with Crippen molar-refractivity contribution in [3.05, 3.63) is 88.9 Å². The molecule has 2 N–H and O–H groups in total. The van der Waals surface area contributed by atoms with Gasteiger partial charge in [-0.15, -0.1) is 0 Å². The van der Waals surface area contributed by atoms with Crippen LogP contribution in [0.1, 0.15) is 18.1 Å². The van der Waals surface area contributed by atoms with Gasteiger partial charge in [0.05, 0.1) is 27.4 Å². The Labute approximate surface area is 215 Å². The van der Waals surface area contributed by atoms with E-state index in [-0.39, 0.29) is 10.8 Å². The van der Waals surface area contributed by atoms with Gasteiger partial charge in [0.25, 0.3) is 15.9 Å². The van der Waals surface area contributed by atoms with Gasteiger partial charge in [-0.05, 0) is 48.0 Å². The minimum Gasteiger partial charge on any atom is -0.326 e. The van der Waals surface area contributed by atoms with Gasteiger partial charge in [0.2, 0.25) is 5.91 Å². The Morgan fingerprint density at radius 1 is 1.03 bits per heavy atom. The van der Waals surface area contributed by atoms with Crippen LogP contribution in [0.4, 0.5) is 24.5 Å². The lowest BCUT2D eigenvalue weighted by Gasteiger charge is -2.24. The fourth-order valence-corrected chi connectivity index (χ4v) is 4.78. The molecule has 0 spiro atoms. The smallest absolute Gasteiger partial charge is 0.326 e. The second-order valence-electron chi connectivity index (χ2n) is 7.58. The van der Waals surface area contributed by atoms with Crippen LogP contribution in [0.3, 0.4) is 0 Å². The number of amides is 2. The van der Waals surface area contributed by atoms with E-state index in [4.69, 9.17) is 11.6 Å². The maximum atomic E-state index is 13.4. The second-order valence-corrected chi connectivity index (χ2v) is 9.85. The molecular weight excluding hydrogens is 533 g/mol. The van der Waals surface area contributed by atoms with Crippen LogP contribution in [0.5, 0.6) is 0 Å². The number of alkyl halides is 3. The van der Waals surface area contributed by atoms with Gasteiger partial charge in [0.15, 0.2) is 0 Å². The van der Waals surface area contributed by atoms with Crippen molar-refractivity contribution < 1.29 is 31.2 Å². The zero-order valence-electron chi connectivity index (χ0n) is 19.2. The molecule has 0 heterocycles. The van der Waals surface area contributed by atoms with Gasteiger partial charge in [0, 0.05) is 12.6 Å². The van der Waals surface area contributed by atoms with E-state index in [2.05, 4.69) is 15.8 Å². The number of halogens is 4. The fraction of sp³-hybridized carbons (Fsp3) is 0.125. The molecule has 0 unspecified atom stereocenters. The van der Waals surface area contributed by atoms with Gasteiger partial charge in [0.1, 0.15) is 6.54 Å². The van der Waals surface area contributed by atoms with Crippen molar-refractivity contribution in [3.63, 3.8) is 0 Å². The quantitative estimate of drug-likeness (QED) is 0.313. The van der Waals surface area contributed by atoms with Crippen LogP contribution >= 0.6 is 11.6 Å². The van der Waals surface area contributed by atoms with E-state index in [0.717, 1.165) is 12.1 Å². The highest BCUT2D eigenvalue weighted by Gasteiger charge is 2.35. The lowest BCUT2D eigenvalue weighted by Crippen LogP contribution is -2.39. The van der Waals surface area contributed by atoms with Crippen molar-refractivity contribution in [2.45, 2.75) is 18.0 Å². The van der Waals surface area contributed by atoms with E-state index in [1.165, 1.54) is 37.4 Å². The van der Waals surface area contributed by atoms with Crippen LogP contribution in [-0.4, -0.2) is 33.0 Å². The van der Waals surface area contributed by atoms with Crippen LogP contribution in [0.25, 0.3) is 0 Å². The summed E-state index contributed by atoms with van der Waals surface area (Å²) in [4.78, 5) is 23.5. The Bertz CT molecular complexity index is 1410. The van der Waals surface area contributed by atoms with E-state index in [1.807, 2.05) is 0 Å². The van der Waals surface area contributed by atoms with E-state index in [0.29, 0.717) is 21.6 Å². The molecular formula is C24H20ClF3N4O4S. The number of nitrogens with one attached hydrogen (secondary N) is 2. The summed E-state index contributed by atoms with van der Waals surface area (Å²) in [6.45, 7) is 0.495. The molecule has 13 heteroatoms. The van der Waals surface area contributed by atoms with Gasteiger partial charge >= 0.3 is 6.18 Å². The van der Waals surface area contributed by atoms with E-state index >= 15 is 0 Å². The van der Waals surface area contributed by atoms with Gasteiger partial charge < -0.3 is 5.32 Å². The first-order chi connectivity index (χ1) is 17.4. The van der Waals surface area contributed by atoms with Crippen molar-refractivity contribution in [3.8, 4) is 0 Å². The predicted octanol–water partition coefficient (Wildman–Crippen LogP) is 4.66. The maximum absolute atomic E-state index is 13.4. The Morgan fingerprint density at radius 3 is 2.27 bits per heavy atom. The summed E-state index contributed by atoms with van der Waals surface area (Å²) in [5.41, 5.74) is 1.61. The molecule has 0 atom stereocenters. The number of hydrazone groups is 1. The van der Waals surface area contributed by atoms with E-state index in [9.17, 15) is 31.2 Å². The number of benzene rings is 3. The molecule has 0 saturated heterocycles. The van der Waals surface area contributed by atoms with Crippen molar-refractivity contribution in [2.24, 2.45) is 5.10 Å². The molecule has 0 aliphatic carbocycles. The number of rotatable bonds is 8. The van der Waals surface area contributed by atoms with Gasteiger partial charge in [-0.2, -0.15) is 18.3 Å². The molecule has 0 aromatic heterocycles. The summed E-state index contributed by atoms with van der Waals surface area (Å²) in [7, 11) is -4.44. The minimum absolute atomic E-state index is 0.228. The van der Waals surface area contributed by atoms with Crippen molar-refractivity contribution in [2.75, 3.05) is 16.2 Å². The largest absolute Gasteiger partial charge is 0.417 e. The Morgan fingerprint density at radius 2 is 1.68 bits per heavy atom. The predicted molar refractivity (Wildman–Crippen MR) is 134 cm³/mol. The molecule has 3 rings (SSSR count). The van der Waals surface area contributed by atoms with Crippen LogP contribution in [0.2, 0.25) is 5.02 Å². The summed E-state index contributed by atoms with van der Waals surface area (Å²) in [6, 6.07) is 15.9. The zero-order chi connectivity index (χ0) is 27.2. The molecule has 3 aromatic carbocycles. The molecule has 37 heavy (non-hydrogen) atoms. The molecule has 0 saturated carbocycles. The SMILES string of the molecule is CC(=O)Nc1ccc(C=NNC(=O)CN(c2ccc(Cl)c(C(F)(F)F)c2)S(=O)(=O)c2ccccc2)cc1. The Balaban J connectivity index is 1.86. The van der Waals surface area contributed by atoms with E-state index < -0.39 is 44.9 Å². The monoisotopic (exact) mass is 552 g/mol. The van der Waals surface area contributed by atoms with Crippen LogP contribution in [0.15, 0.2) is 82.8 Å². The highest BCUT2D eigenvalue weighted by molar-refractivity contribution is 7.92. The van der Waals surface area contributed by atoms with Gasteiger partial charge in [-0.25, -0.2) is 13.8 Å². The third-order valence-corrected chi connectivity index (χ3v) is 6.91. The summed E-state index contributed by atoms with van der Waals surface area (Å²) in [6.07, 6.45) is -3.58. The number of anilines is 2. The van der Waals surface area contributed by atoms with Crippen molar-refractivity contribution in [1.82, 2.24) is 5.43 Å². The number of hydrogen-bond acceptors (Lipinski definition) is 5. The first-order valence-electron chi connectivity index (χ1n) is 10.5. The summed E-state index contributed by atoms with van der Waals surface area (Å²) < 4.78 is 67.4. The molecule has 0 bridgehead atoms. The summed E-state index contributed by atoms with van der Waals surface area (Å²) in [5, 5.41) is 5.74. The summed E-state index contributed by atoms with van der Waals surface area (Å²) in [5.74, 6) is -1.15. The maximum Gasteiger partial charge on any atom is 0.417 e. The number of hydrogen-bond donors (Lipinski definition) is 2. The third-order valence-electron chi connectivity index (χ3n) is 4.80. The van der Waals surface area contributed by atoms with Crippen molar-refractivity contribution in [1.29, 1.82) is 0 Å². The van der Waals surface area contributed by atoms with Crippen molar-refractivity contribution >= 4 is 51.0 Å². The van der Waals surface area contributed by atoms with Crippen LogP contribution < -0.4 is 15.0 Å². The molecule has 3 aromatic rings. The number of carbonyl (C=O) groups is 2. The standard InChI is InChI=1S/C24H20ClF3N4O4S/c1-16(33)30-18-9-7-17(8-10-18)14-29-31-23(34)15-32(37(35,36)20-5-3-2-4-6-20)19-11-12-22(25)21(13-19)24(26,27)28/h2-14H,15H2,1H3,(H,30,33)(H,31,34). The molecule has 8 nitrogen and oxygen atoms in total. The topological polar surface area (TPSA) is 108 Å². The minimum atomic E-state index is -4.85. The second kappa shape index (κ2) is 11.4. The number of sulfonamides is 1. The number of nitrogens with zero attached hydrogens (tertiary/aromatic N) is 2. The molecule has 0 aliphatic heterocycles. The van der Waals surface area contributed by atoms with Crippen LogP contribution in [0, 0.1) is 0 Å².